The molecule has 9 heteroatoms. The molecule has 1 amide bonds. The van der Waals surface area contributed by atoms with Crippen molar-refractivity contribution in [1.29, 1.82) is 0 Å². The third-order valence-electron chi connectivity index (χ3n) is 5.93. The van der Waals surface area contributed by atoms with Crippen LogP contribution in [0, 0.1) is 0 Å². The second kappa shape index (κ2) is 8.48. The molecular weight excluding hydrogens is 430 g/mol. The summed E-state index contributed by atoms with van der Waals surface area (Å²) in [7, 11) is -0.422. The predicted octanol–water partition coefficient (Wildman–Crippen LogP) is 3.12. The number of nitrogens with two attached hydrogens (primary N) is 1. The standard InChI is InChI=1S/C23H27N3O5S/c1-30-15-11-17(25-32(3,28)29)21-18(12-15)26(13-14-7-5-4-6-8-14)22-19(31-2)10-9-16(20(21)22)23(24)27/h4-8,11-12,16,19,25H,9-10,13H2,1-3H3,(H2,24,27). The normalized spacial score (nSPS) is 18.3. The number of methoxy groups -OCH3 is 2. The summed E-state index contributed by atoms with van der Waals surface area (Å²) in [6.45, 7) is 0.517. The van der Waals surface area contributed by atoms with Crippen molar-refractivity contribution in [3.63, 3.8) is 0 Å². The fourth-order valence-electron chi connectivity index (χ4n) is 4.65. The van der Waals surface area contributed by atoms with Gasteiger partial charge in [0.15, 0.2) is 0 Å². The third-order valence-corrected chi connectivity index (χ3v) is 6.52. The van der Waals surface area contributed by atoms with Crippen LogP contribution in [0.1, 0.15) is 41.7 Å². The van der Waals surface area contributed by atoms with Crippen LogP contribution < -0.4 is 15.2 Å². The molecule has 1 aliphatic carbocycles. The first kappa shape index (κ1) is 22.2. The molecule has 2 unspecified atom stereocenters. The fourth-order valence-corrected chi connectivity index (χ4v) is 5.21. The minimum absolute atomic E-state index is 0.256. The Morgan fingerprint density at radius 3 is 2.50 bits per heavy atom. The Morgan fingerprint density at radius 2 is 1.91 bits per heavy atom. The van der Waals surface area contributed by atoms with Gasteiger partial charge in [0.25, 0.3) is 0 Å². The van der Waals surface area contributed by atoms with Gasteiger partial charge in [-0.25, -0.2) is 8.42 Å². The Morgan fingerprint density at radius 1 is 1.19 bits per heavy atom. The van der Waals surface area contributed by atoms with Gasteiger partial charge in [0.05, 0.1) is 42.3 Å². The number of primary amides is 1. The summed E-state index contributed by atoms with van der Waals surface area (Å²) in [5, 5.41) is 0.646. The lowest BCUT2D eigenvalue weighted by Crippen LogP contribution is -2.28. The number of nitrogens with zero attached hydrogens (tertiary/aromatic N) is 1. The Kier molecular flexibility index (Phi) is 5.87. The van der Waals surface area contributed by atoms with E-state index in [1.54, 1.807) is 13.2 Å². The van der Waals surface area contributed by atoms with E-state index in [0.717, 1.165) is 28.6 Å². The van der Waals surface area contributed by atoms with Crippen molar-refractivity contribution in [3.8, 4) is 5.75 Å². The molecule has 2 atom stereocenters. The number of fused-ring (bicyclic) bond motifs is 3. The van der Waals surface area contributed by atoms with Crippen LogP contribution in [0.4, 0.5) is 5.69 Å². The zero-order chi connectivity index (χ0) is 23.0. The van der Waals surface area contributed by atoms with Crippen molar-refractivity contribution < 1.29 is 22.7 Å². The van der Waals surface area contributed by atoms with Crippen LogP contribution in [0.2, 0.25) is 0 Å². The van der Waals surface area contributed by atoms with Gasteiger partial charge in [0.1, 0.15) is 5.75 Å². The number of nitrogens with one attached hydrogen (secondary N) is 1. The number of sulfonamides is 1. The lowest BCUT2D eigenvalue weighted by atomic mass is 9.83. The van der Waals surface area contributed by atoms with Gasteiger partial charge in [-0.15, -0.1) is 0 Å². The molecular formula is C23H27N3O5S. The van der Waals surface area contributed by atoms with Gasteiger partial charge in [-0.05, 0) is 24.0 Å². The molecule has 1 heterocycles. The smallest absolute Gasteiger partial charge is 0.229 e. The summed E-state index contributed by atoms with van der Waals surface area (Å²) in [6, 6.07) is 13.4. The highest BCUT2D eigenvalue weighted by Crippen LogP contribution is 2.48. The topological polar surface area (TPSA) is 113 Å². The van der Waals surface area contributed by atoms with Gasteiger partial charge in [-0.1, -0.05) is 30.3 Å². The van der Waals surface area contributed by atoms with E-state index in [4.69, 9.17) is 15.2 Å². The van der Waals surface area contributed by atoms with Crippen molar-refractivity contribution in [3.05, 3.63) is 59.3 Å². The number of carbonyl (C=O) groups excluding carboxylic acids is 1. The van der Waals surface area contributed by atoms with Crippen LogP contribution in [0.25, 0.3) is 10.9 Å². The summed E-state index contributed by atoms with van der Waals surface area (Å²) < 4.78 is 40.3. The molecule has 0 fully saturated rings. The maximum atomic E-state index is 12.5. The quantitative estimate of drug-likeness (QED) is 0.566. The molecule has 0 saturated carbocycles. The average molecular weight is 458 g/mol. The van der Waals surface area contributed by atoms with Gasteiger partial charge in [0.2, 0.25) is 15.9 Å². The summed E-state index contributed by atoms with van der Waals surface area (Å²) in [4.78, 5) is 12.5. The molecule has 2 aromatic carbocycles. The zero-order valence-corrected chi connectivity index (χ0v) is 19.1. The molecule has 32 heavy (non-hydrogen) atoms. The summed E-state index contributed by atoms with van der Waals surface area (Å²) in [6.07, 6.45) is 1.99. The Labute approximate surface area is 187 Å². The van der Waals surface area contributed by atoms with Crippen molar-refractivity contribution >= 4 is 32.5 Å². The second-order valence-electron chi connectivity index (χ2n) is 8.07. The van der Waals surface area contributed by atoms with Crippen LogP contribution in [0.15, 0.2) is 42.5 Å². The maximum absolute atomic E-state index is 12.5. The van der Waals surface area contributed by atoms with Crippen molar-refractivity contribution in [2.24, 2.45) is 5.73 Å². The minimum Gasteiger partial charge on any atom is -0.497 e. The molecule has 3 N–H and O–H groups in total. The number of hydrogen-bond donors (Lipinski definition) is 2. The van der Waals surface area contributed by atoms with E-state index in [-0.39, 0.29) is 6.10 Å². The number of ether oxygens (including phenoxy) is 2. The maximum Gasteiger partial charge on any atom is 0.229 e. The molecule has 0 saturated heterocycles. The lowest BCUT2D eigenvalue weighted by molar-refractivity contribution is -0.120. The molecule has 1 aliphatic rings. The highest BCUT2D eigenvalue weighted by atomic mass is 32.2. The number of carbonyl (C=O) groups is 1. The highest BCUT2D eigenvalue weighted by molar-refractivity contribution is 7.92. The predicted molar refractivity (Wildman–Crippen MR) is 123 cm³/mol. The van der Waals surface area contributed by atoms with Gasteiger partial charge >= 0.3 is 0 Å². The average Bonchev–Trinajstić information content (AvgIpc) is 3.07. The zero-order valence-electron chi connectivity index (χ0n) is 18.3. The third kappa shape index (κ3) is 4.05. The number of anilines is 1. The van der Waals surface area contributed by atoms with E-state index in [1.807, 2.05) is 36.4 Å². The molecule has 1 aromatic heterocycles. The molecule has 8 nitrogen and oxygen atoms in total. The monoisotopic (exact) mass is 457 g/mol. The number of benzene rings is 2. The van der Waals surface area contributed by atoms with E-state index in [1.165, 1.54) is 7.11 Å². The Bertz CT molecular complexity index is 1270. The van der Waals surface area contributed by atoms with E-state index >= 15 is 0 Å². The molecule has 0 spiro atoms. The first-order chi connectivity index (χ1) is 15.2. The number of rotatable bonds is 7. The van der Waals surface area contributed by atoms with E-state index in [0.29, 0.717) is 36.2 Å². The highest BCUT2D eigenvalue weighted by Gasteiger charge is 2.37. The Hall–Kier alpha value is -3.04. The van der Waals surface area contributed by atoms with Crippen LogP contribution in [0.3, 0.4) is 0 Å². The second-order valence-corrected chi connectivity index (χ2v) is 9.82. The Balaban J connectivity index is 2.11. The molecule has 170 valence electrons. The molecule has 3 aromatic rings. The summed E-state index contributed by atoms with van der Waals surface area (Å²) in [5.74, 6) is -0.498. The molecule has 4 rings (SSSR count). The van der Waals surface area contributed by atoms with Crippen LogP contribution in [0.5, 0.6) is 5.75 Å². The van der Waals surface area contributed by atoms with Crippen molar-refractivity contribution in [2.75, 3.05) is 25.2 Å². The van der Waals surface area contributed by atoms with E-state index in [2.05, 4.69) is 9.29 Å². The van der Waals surface area contributed by atoms with Crippen molar-refractivity contribution in [1.82, 2.24) is 4.57 Å². The molecule has 0 bridgehead atoms. The van der Waals surface area contributed by atoms with Crippen molar-refractivity contribution in [2.45, 2.75) is 31.4 Å². The van der Waals surface area contributed by atoms with Crippen LogP contribution in [-0.2, 0) is 26.1 Å². The van der Waals surface area contributed by atoms with E-state index in [9.17, 15) is 13.2 Å². The largest absolute Gasteiger partial charge is 0.497 e. The molecule has 0 aliphatic heterocycles. The first-order valence-electron chi connectivity index (χ1n) is 10.3. The van der Waals surface area contributed by atoms with Gasteiger partial charge < -0.3 is 19.8 Å². The van der Waals surface area contributed by atoms with Crippen LogP contribution >= 0.6 is 0 Å². The lowest BCUT2D eigenvalue weighted by Gasteiger charge is -2.29. The molecule has 0 radical (unpaired) electrons. The van der Waals surface area contributed by atoms with E-state index < -0.39 is 21.8 Å². The van der Waals surface area contributed by atoms with Gasteiger partial charge in [-0.2, -0.15) is 0 Å². The number of aromatic nitrogens is 1. The summed E-state index contributed by atoms with van der Waals surface area (Å²) >= 11 is 0. The van der Waals surface area contributed by atoms with Gasteiger partial charge in [0, 0.05) is 31.2 Å². The number of hydrogen-bond acceptors (Lipinski definition) is 5. The first-order valence-corrected chi connectivity index (χ1v) is 12.2. The fraction of sp³-hybridized carbons (Fsp3) is 0.348. The summed E-state index contributed by atoms with van der Waals surface area (Å²) in [5.41, 5.74) is 9.52. The minimum atomic E-state index is -3.59. The number of amides is 1. The van der Waals surface area contributed by atoms with Crippen LogP contribution in [-0.4, -0.2) is 39.4 Å². The SMILES string of the molecule is COc1cc(NS(C)(=O)=O)c2c3c(n(Cc4ccccc4)c2c1)C(OC)CCC3C(N)=O. The van der Waals surface area contributed by atoms with Gasteiger partial charge in [-0.3, -0.25) is 9.52 Å².